The zero-order valence-electron chi connectivity index (χ0n) is 35.4. The Morgan fingerprint density at radius 1 is 0.877 bits per heavy atom. The first-order chi connectivity index (χ1) is 27.0. The van der Waals surface area contributed by atoms with Crippen molar-refractivity contribution in [2.75, 3.05) is 27.9 Å². The number of aliphatic hydroxyl groups is 3. The summed E-state index contributed by atoms with van der Waals surface area (Å²) in [5.74, 6) is -7.58. The lowest BCUT2D eigenvalue weighted by molar-refractivity contribution is -0.302. The van der Waals surface area contributed by atoms with Crippen molar-refractivity contribution >= 4 is 23.4 Å². The van der Waals surface area contributed by atoms with E-state index in [9.17, 15) is 34.5 Å². The van der Waals surface area contributed by atoms with Crippen molar-refractivity contribution in [3.05, 3.63) is 36.0 Å². The van der Waals surface area contributed by atoms with Crippen LogP contribution in [0.15, 0.2) is 36.0 Å². The molecule has 2 bridgehead atoms. The summed E-state index contributed by atoms with van der Waals surface area (Å²) in [5.41, 5.74) is 1.62. The number of carbonyl (C=O) groups excluding carboxylic acids is 4. The second kappa shape index (κ2) is 21.0. The molecule has 14 atom stereocenters. The smallest absolute Gasteiger partial charge is 0.329 e. The molecule has 3 N–H and O–H groups in total. The molecule has 0 radical (unpaired) electrons. The Balaban J connectivity index is 1.78. The van der Waals surface area contributed by atoms with Crippen molar-refractivity contribution in [1.82, 2.24) is 4.90 Å². The molecule has 1 amide bonds. The average Bonchev–Trinajstić information content (AvgIpc) is 3.18. The summed E-state index contributed by atoms with van der Waals surface area (Å²) < 4.78 is 29.9. The van der Waals surface area contributed by atoms with Crippen LogP contribution >= 0.6 is 0 Å². The van der Waals surface area contributed by atoms with Gasteiger partial charge in [0.1, 0.15) is 24.0 Å². The first kappa shape index (κ1) is 46.9. The first-order valence-electron chi connectivity index (χ1n) is 20.9. The fraction of sp³-hybridized carbons (Fsp3) is 0.773. The lowest BCUT2D eigenvalue weighted by atomic mass is 9.79. The Morgan fingerprint density at radius 3 is 2.19 bits per heavy atom. The molecule has 322 valence electrons. The standard InChI is InChI=1S/C44H69NO12/c1-10-13-30-19-25(2)18-26(3)20-37(54-8)40-38(55-9)22-29(6)44(52,57-40)41(49)42(50)45-17-12-11-14-32(45)43(51)56-39(31-15-16-33(46)36(23-31)53-7)28(5)21-27(4)34(47)24-35(30)48/h10,19,21,26-27,29-34,36-40,46-47,52H,1,11-18,20,22-24H2,2-9H3/b25-19+,28-21+/t26-,27+,29-,30-,31+,32+,33+,34-,36+,37+,38+,39?,40-,44-/m1/s1. The summed E-state index contributed by atoms with van der Waals surface area (Å²) in [5, 5.41) is 34.0. The van der Waals surface area contributed by atoms with Gasteiger partial charge in [-0.25, -0.2) is 4.79 Å². The van der Waals surface area contributed by atoms with Crippen LogP contribution in [0.25, 0.3) is 0 Å². The number of aliphatic hydroxyl groups excluding tert-OH is 2. The molecule has 2 saturated heterocycles. The van der Waals surface area contributed by atoms with Gasteiger partial charge in [0.2, 0.25) is 5.79 Å². The molecule has 57 heavy (non-hydrogen) atoms. The number of methoxy groups -OCH3 is 3. The lowest BCUT2D eigenvalue weighted by Crippen LogP contribution is -2.64. The van der Waals surface area contributed by atoms with Gasteiger partial charge in [0.15, 0.2) is 0 Å². The number of fused-ring (bicyclic) bond motifs is 3. The minimum absolute atomic E-state index is 0.0107. The molecule has 1 aliphatic carbocycles. The first-order valence-corrected chi connectivity index (χ1v) is 20.9. The molecule has 4 aliphatic rings. The highest BCUT2D eigenvalue weighted by atomic mass is 16.7. The molecule has 0 spiro atoms. The molecule has 0 aromatic heterocycles. The van der Waals surface area contributed by atoms with E-state index in [-0.39, 0.29) is 43.4 Å². The van der Waals surface area contributed by atoms with Gasteiger partial charge in [-0.05, 0) is 89.5 Å². The number of hydrogen-bond donors (Lipinski definition) is 3. The van der Waals surface area contributed by atoms with E-state index < -0.39 is 90.0 Å². The average molecular weight is 804 g/mol. The number of hydrogen-bond acceptors (Lipinski definition) is 12. The molecule has 3 fully saturated rings. The number of ether oxygens (including phenoxy) is 5. The Morgan fingerprint density at radius 2 is 1.54 bits per heavy atom. The Kier molecular flexibility index (Phi) is 17.2. The number of allylic oxidation sites excluding steroid dienone is 3. The molecule has 1 unspecified atom stereocenters. The third kappa shape index (κ3) is 11.3. The largest absolute Gasteiger partial charge is 0.456 e. The highest BCUT2D eigenvalue weighted by Gasteiger charge is 2.56. The van der Waals surface area contributed by atoms with Crippen LogP contribution in [0.5, 0.6) is 0 Å². The Hall–Kier alpha value is -2.78. The molecule has 13 heteroatoms. The number of rotatable bonds is 6. The molecule has 3 aliphatic heterocycles. The number of amides is 1. The van der Waals surface area contributed by atoms with Crippen LogP contribution in [-0.2, 0) is 42.9 Å². The fourth-order valence-corrected chi connectivity index (χ4v) is 9.45. The van der Waals surface area contributed by atoms with Crippen molar-refractivity contribution in [1.29, 1.82) is 0 Å². The third-order valence-corrected chi connectivity index (χ3v) is 12.9. The minimum Gasteiger partial charge on any atom is -0.456 e. The molecule has 0 aromatic carbocycles. The van der Waals surface area contributed by atoms with Crippen molar-refractivity contribution in [3.63, 3.8) is 0 Å². The van der Waals surface area contributed by atoms with Crippen molar-refractivity contribution in [2.45, 2.75) is 160 Å². The van der Waals surface area contributed by atoms with Crippen LogP contribution in [0.4, 0.5) is 0 Å². The molecule has 1 saturated carbocycles. The summed E-state index contributed by atoms with van der Waals surface area (Å²) in [7, 11) is 4.58. The van der Waals surface area contributed by atoms with Gasteiger partial charge < -0.3 is 43.9 Å². The van der Waals surface area contributed by atoms with Crippen molar-refractivity contribution in [3.8, 4) is 0 Å². The van der Waals surface area contributed by atoms with Crippen molar-refractivity contribution in [2.24, 2.45) is 29.6 Å². The van der Waals surface area contributed by atoms with Crippen LogP contribution in [-0.4, -0.2) is 126 Å². The third-order valence-electron chi connectivity index (χ3n) is 12.9. The topological polar surface area (TPSA) is 178 Å². The number of cyclic esters (lactones) is 1. The van der Waals surface area contributed by atoms with Gasteiger partial charge in [-0.15, -0.1) is 6.58 Å². The number of Topliss-reactive ketones (excluding diaryl/α,β-unsaturated/α-hetero) is 2. The van der Waals surface area contributed by atoms with Gasteiger partial charge in [0.05, 0.1) is 30.5 Å². The fourth-order valence-electron chi connectivity index (χ4n) is 9.45. The zero-order chi connectivity index (χ0) is 42.2. The number of piperidine rings is 1. The van der Waals surface area contributed by atoms with E-state index >= 15 is 0 Å². The second-order valence-electron chi connectivity index (χ2n) is 17.3. The Bertz CT molecular complexity index is 1480. The number of carbonyl (C=O) groups is 4. The lowest BCUT2D eigenvalue weighted by Gasteiger charge is -2.47. The summed E-state index contributed by atoms with van der Waals surface area (Å²) >= 11 is 0. The van der Waals surface area contributed by atoms with Crippen LogP contribution in [0.2, 0.25) is 0 Å². The van der Waals surface area contributed by atoms with Gasteiger partial charge in [-0.1, -0.05) is 44.6 Å². The van der Waals surface area contributed by atoms with E-state index in [1.807, 2.05) is 39.8 Å². The van der Waals surface area contributed by atoms with Crippen LogP contribution in [0.1, 0.15) is 105 Å². The van der Waals surface area contributed by atoms with Gasteiger partial charge in [-0.2, -0.15) is 0 Å². The zero-order valence-corrected chi connectivity index (χ0v) is 35.4. The number of esters is 1. The van der Waals surface area contributed by atoms with Crippen LogP contribution in [0, 0.1) is 29.6 Å². The SMILES string of the molecule is C=CC[C@@H]1/C=C(\C)C[C@@H](C)C[C@H](OC)[C@H]2O[C@@](O)(C(=O)C(=O)N3CCCC[C@H]3C(=O)OC([C@H]3CC[C@H](O)[C@@H](OC)C3)/C(C)=C/[C@H](C)[C@H](O)CC1=O)[C@H](C)C[C@@H]2OC. The van der Waals surface area contributed by atoms with Crippen LogP contribution < -0.4 is 0 Å². The summed E-state index contributed by atoms with van der Waals surface area (Å²) in [4.78, 5) is 57.7. The minimum atomic E-state index is -2.51. The molecular formula is C44H69NO12. The maximum Gasteiger partial charge on any atom is 0.329 e. The Labute approximate surface area is 339 Å². The van der Waals surface area contributed by atoms with Gasteiger partial charge in [0.25, 0.3) is 11.7 Å². The quantitative estimate of drug-likeness (QED) is 0.193. The van der Waals surface area contributed by atoms with Gasteiger partial charge >= 0.3 is 5.97 Å². The maximum atomic E-state index is 14.3. The predicted octanol–water partition coefficient (Wildman–Crippen LogP) is 4.64. The van der Waals surface area contributed by atoms with E-state index in [1.165, 1.54) is 26.2 Å². The molecule has 4 rings (SSSR count). The van der Waals surface area contributed by atoms with Gasteiger partial charge in [-0.3, -0.25) is 14.4 Å². The number of ketones is 2. The van der Waals surface area contributed by atoms with E-state index in [2.05, 4.69) is 6.58 Å². The predicted molar refractivity (Wildman–Crippen MR) is 213 cm³/mol. The monoisotopic (exact) mass is 803 g/mol. The second-order valence-corrected chi connectivity index (χ2v) is 17.3. The maximum absolute atomic E-state index is 14.3. The molecule has 0 aromatic rings. The van der Waals surface area contributed by atoms with E-state index in [4.69, 9.17) is 23.7 Å². The van der Waals surface area contributed by atoms with Gasteiger partial charge in [0, 0.05) is 58.0 Å². The summed E-state index contributed by atoms with van der Waals surface area (Å²) in [6, 6.07) is -1.10. The van der Waals surface area contributed by atoms with E-state index in [0.29, 0.717) is 56.9 Å². The molecular weight excluding hydrogens is 734 g/mol. The number of nitrogens with zero attached hydrogens (tertiary/aromatic N) is 1. The van der Waals surface area contributed by atoms with E-state index in [0.717, 1.165) is 5.57 Å². The molecule has 3 heterocycles. The summed E-state index contributed by atoms with van der Waals surface area (Å²) in [6.07, 6.45) is 4.67. The normalized spacial score (nSPS) is 41.9. The molecule has 13 nitrogen and oxygen atoms in total. The summed E-state index contributed by atoms with van der Waals surface area (Å²) in [6.45, 7) is 13.2. The highest BCUT2D eigenvalue weighted by Crippen LogP contribution is 2.39. The van der Waals surface area contributed by atoms with E-state index in [1.54, 1.807) is 13.0 Å². The highest BCUT2D eigenvalue weighted by molar-refractivity contribution is 6.39. The van der Waals surface area contributed by atoms with Crippen LogP contribution in [0.3, 0.4) is 0 Å². The van der Waals surface area contributed by atoms with Crippen molar-refractivity contribution < 1.29 is 58.2 Å².